The van der Waals surface area contributed by atoms with E-state index in [-0.39, 0.29) is 12.1 Å². The summed E-state index contributed by atoms with van der Waals surface area (Å²) in [7, 11) is 0. The number of primary amides is 1. The van der Waals surface area contributed by atoms with Gasteiger partial charge in [0, 0.05) is 44.6 Å². The number of hydrogen-bond donors (Lipinski definition) is 2. The third-order valence-electron chi connectivity index (χ3n) is 6.75. The van der Waals surface area contributed by atoms with Gasteiger partial charge in [-0.2, -0.15) is 10.1 Å². The first kappa shape index (κ1) is 22.9. The van der Waals surface area contributed by atoms with E-state index < -0.39 is 6.03 Å². The summed E-state index contributed by atoms with van der Waals surface area (Å²) in [4.78, 5) is 29.9. The first-order valence-corrected chi connectivity index (χ1v) is 12.1. The van der Waals surface area contributed by atoms with Gasteiger partial charge in [0.25, 0.3) is 0 Å². The van der Waals surface area contributed by atoms with Crippen LogP contribution in [0, 0.1) is 6.92 Å². The van der Waals surface area contributed by atoms with E-state index in [4.69, 9.17) is 20.7 Å². The zero-order valence-electron chi connectivity index (χ0n) is 20.6. The minimum absolute atomic E-state index is 0.0897. The largest absolute Gasteiger partial charge is 0.360 e. The van der Waals surface area contributed by atoms with E-state index >= 15 is 0 Å². The molecular formula is C24H32N10O. The van der Waals surface area contributed by atoms with Crippen LogP contribution in [-0.4, -0.2) is 66.2 Å². The lowest BCUT2D eigenvalue weighted by Crippen LogP contribution is -2.51. The van der Waals surface area contributed by atoms with Crippen molar-refractivity contribution in [3.05, 3.63) is 42.0 Å². The van der Waals surface area contributed by atoms with Crippen molar-refractivity contribution in [2.45, 2.75) is 46.2 Å². The molecule has 1 saturated heterocycles. The lowest BCUT2D eigenvalue weighted by molar-refractivity contribution is 0.204. The number of nitrogens with two attached hydrogens (primary N) is 1. The second-order valence-corrected chi connectivity index (χ2v) is 9.27. The second-order valence-electron chi connectivity index (χ2n) is 9.27. The molecule has 0 bridgehead atoms. The lowest BCUT2D eigenvalue weighted by atomic mass is 10.2. The number of anilines is 2. The first-order valence-electron chi connectivity index (χ1n) is 12.1. The minimum Gasteiger partial charge on any atom is -0.360 e. The van der Waals surface area contributed by atoms with Crippen LogP contribution in [-0.2, 0) is 0 Å². The predicted octanol–water partition coefficient (Wildman–Crippen LogP) is 3.13. The number of amides is 2. The van der Waals surface area contributed by atoms with Crippen LogP contribution in [0.4, 0.5) is 16.6 Å². The average Bonchev–Trinajstić information content (AvgIpc) is 3.48. The summed E-state index contributed by atoms with van der Waals surface area (Å²) in [5.74, 6) is 1.34. The highest BCUT2D eigenvalue weighted by molar-refractivity contribution is 5.87. The molecule has 5 rings (SSSR count). The fourth-order valence-electron chi connectivity index (χ4n) is 4.42. The van der Waals surface area contributed by atoms with E-state index in [0.29, 0.717) is 32.1 Å². The van der Waals surface area contributed by atoms with Crippen LogP contribution in [0.25, 0.3) is 16.7 Å². The van der Waals surface area contributed by atoms with Gasteiger partial charge in [-0.05, 0) is 44.9 Å². The molecule has 11 heteroatoms. The Morgan fingerprint density at radius 2 is 1.94 bits per heavy atom. The summed E-state index contributed by atoms with van der Waals surface area (Å²) >= 11 is 0. The maximum Gasteiger partial charge on any atom is 0.314 e. The topological polar surface area (TPSA) is 122 Å². The average molecular weight is 477 g/mol. The number of fused-ring (bicyclic) bond motifs is 2. The Morgan fingerprint density at radius 1 is 1.17 bits per heavy atom. The van der Waals surface area contributed by atoms with E-state index in [1.165, 1.54) is 5.56 Å². The van der Waals surface area contributed by atoms with Crippen LogP contribution in [0.15, 0.2) is 30.7 Å². The van der Waals surface area contributed by atoms with Crippen molar-refractivity contribution in [3.8, 4) is 0 Å². The Balaban J connectivity index is 1.51. The number of hydrogen-bond acceptors (Lipinski definition) is 7. The molecule has 184 valence electrons. The monoisotopic (exact) mass is 476 g/mol. The van der Waals surface area contributed by atoms with Crippen LogP contribution >= 0.6 is 0 Å². The van der Waals surface area contributed by atoms with Crippen LogP contribution in [0.1, 0.15) is 50.5 Å². The molecule has 5 heterocycles. The highest BCUT2D eigenvalue weighted by atomic mass is 16.2. The Hall–Kier alpha value is -3.89. The van der Waals surface area contributed by atoms with Gasteiger partial charge in [0.15, 0.2) is 5.82 Å². The molecule has 2 amide bonds. The predicted molar refractivity (Wildman–Crippen MR) is 136 cm³/mol. The zero-order valence-corrected chi connectivity index (χ0v) is 20.6. The van der Waals surface area contributed by atoms with Gasteiger partial charge >= 0.3 is 6.03 Å². The number of pyridine rings is 1. The van der Waals surface area contributed by atoms with E-state index in [9.17, 15) is 4.79 Å². The van der Waals surface area contributed by atoms with E-state index in [0.717, 1.165) is 34.6 Å². The molecule has 1 aliphatic rings. The number of aryl methyl sites for hydroxylation is 1. The maximum atomic E-state index is 11.5. The summed E-state index contributed by atoms with van der Waals surface area (Å²) in [6.45, 7) is 10.8. The van der Waals surface area contributed by atoms with Crippen LogP contribution in [0.2, 0.25) is 0 Å². The molecule has 1 unspecified atom stereocenters. The van der Waals surface area contributed by atoms with Crippen LogP contribution < -0.4 is 16.0 Å². The number of piperazine rings is 1. The second kappa shape index (κ2) is 9.05. The fourth-order valence-corrected chi connectivity index (χ4v) is 4.42. The lowest BCUT2D eigenvalue weighted by Gasteiger charge is -2.34. The standard InChI is InChI=1S/C24H32N10O/c1-5-16(3)34-21-18(13-26-34)29-24(32-10-8-31(9-11-32)23(25)35)30-22(21)27-17(4)19-14-33-7-6-15(2)12-20(33)28-19/h6-7,12-14,16-17H,5,8-11H2,1-4H3,(H2,25,35)(H,27,29,30)/t16?,17-/m1/s1. The van der Waals surface area contributed by atoms with Crippen molar-refractivity contribution >= 4 is 34.5 Å². The highest BCUT2D eigenvalue weighted by Crippen LogP contribution is 2.30. The maximum absolute atomic E-state index is 11.5. The van der Waals surface area contributed by atoms with Gasteiger partial charge in [-0.3, -0.25) is 4.68 Å². The van der Waals surface area contributed by atoms with Crippen molar-refractivity contribution in [2.24, 2.45) is 5.73 Å². The van der Waals surface area contributed by atoms with Gasteiger partial charge < -0.3 is 25.3 Å². The van der Waals surface area contributed by atoms with Gasteiger partial charge in [0.1, 0.15) is 16.7 Å². The Bertz CT molecular complexity index is 1370. The molecule has 3 N–H and O–H groups in total. The summed E-state index contributed by atoms with van der Waals surface area (Å²) in [6.07, 6.45) is 6.81. The number of urea groups is 1. The number of nitrogens with zero attached hydrogens (tertiary/aromatic N) is 8. The quantitative estimate of drug-likeness (QED) is 0.438. The normalized spacial score (nSPS) is 16.1. The molecule has 4 aromatic heterocycles. The van der Waals surface area contributed by atoms with Gasteiger partial charge in [0.05, 0.1) is 17.9 Å². The zero-order chi connectivity index (χ0) is 24.7. The van der Waals surface area contributed by atoms with Crippen LogP contribution in [0.5, 0.6) is 0 Å². The third kappa shape index (κ3) is 4.33. The van der Waals surface area contributed by atoms with Gasteiger partial charge in [-0.1, -0.05) is 6.92 Å². The number of carbonyl (C=O) groups excluding carboxylic acids is 1. The molecule has 35 heavy (non-hydrogen) atoms. The van der Waals surface area contributed by atoms with E-state index in [1.54, 1.807) is 11.1 Å². The summed E-state index contributed by atoms with van der Waals surface area (Å²) in [5.41, 5.74) is 10.1. The summed E-state index contributed by atoms with van der Waals surface area (Å²) < 4.78 is 4.02. The van der Waals surface area contributed by atoms with Gasteiger partial charge in [0.2, 0.25) is 5.95 Å². The van der Waals surface area contributed by atoms with Gasteiger partial charge in [-0.25, -0.2) is 14.8 Å². The molecule has 1 fully saturated rings. The summed E-state index contributed by atoms with van der Waals surface area (Å²) in [6, 6.07) is 3.86. The fraction of sp³-hybridized carbons (Fsp3) is 0.458. The third-order valence-corrected chi connectivity index (χ3v) is 6.75. The molecule has 0 aromatic carbocycles. The molecule has 0 radical (unpaired) electrons. The minimum atomic E-state index is -0.394. The SMILES string of the molecule is CCC(C)n1ncc2nc(N3CCN(C(N)=O)CC3)nc(N[C@H](C)c3cn4ccc(C)cc4n3)c21. The Morgan fingerprint density at radius 3 is 2.66 bits per heavy atom. The van der Waals surface area contributed by atoms with Crippen molar-refractivity contribution in [2.75, 3.05) is 36.4 Å². The van der Waals surface area contributed by atoms with E-state index in [2.05, 4.69) is 55.1 Å². The Kier molecular flexibility index (Phi) is 5.91. The highest BCUT2D eigenvalue weighted by Gasteiger charge is 2.24. The molecular weight excluding hydrogens is 444 g/mol. The molecule has 11 nitrogen and oxygen atoms in total. The number of nitrogens with one attached hydrogen (secondary N) is 1. The van der Waals surface area contributed by atoms with Crippen molar-refractivity contribution in [1.82, 2.24) is 34.0 Å². The van der Waals surface area contributed by atoms with E-state index in [1.807, 2.05) is 21.5 Å². The smallest absolute Gasteiger partial charge is 0.314 e. The number of rotatable bonds is 6. The molecule has 1 aliphatic heterocycles. The molecule has 4 aromatic rings. The number of aromatic nitrogens is 6. The molecule has 0 saturated carbocycles. The van der Waals surface area contributed by atoms with Crippen molar-refractivity contribution < 1.29 is 4.79 Å². The molecule has 0 spiro atoms. The molecule has 2 atom stereocenters. The molecule has 0 aliphatic carbocycles. The van der Waals surface area contributed by atoms with Crippen molar-refractivity contribution in [1.29, 1.82) is 0 Å². The van der Waals surface area contributed by atoms with Crippen LogP contribution in [0.3, 0.4) is 0 Å². The number of carbonyl (C=O) groups is 1. The Labute approximate surface area is 203 Å². The van der Waals surface area contributed by atoms with Gasteiger partial charge in [-0.15, -0.1) is 0 Å². The summed E-state index contributed by atoms with van der Waals surface area (Å²) in [5, 5.41) is 8.23. The first-order chi connectivity index (χ1) is 16.8. The number of imidazole rings is 1. The van der Waals surface area contributed by atoms with Crippen molar-refractivity contribution in [3.63, 3.8) is 0 Å².